The van der Waals surface area contributed by atoms with Crippen LogP contribution in [0, 0.1) is 11.8 Å². The van der Waals surface area contributed by atoms with Crippen LogP contribution in [0.15, 0.2) is 0 Å². The van der Waals surface area contributed by atoms with Crippen LogP contribution in [0.5, 0.6) is 0 Å². The normalized spacial score (nSPS) is 12.5. The molecule has 0 aromatic rings. The van der Waals surface area contributed by atoms with E-state index in [1.54, 1.807) is 0 Å². The summed E-state index contributed by atoms with van der Waals surface area (Å²) < 4.78 is 16.7. The molecule has 0 heterocycles. The first-order valence-electron chi connectivity index (χ1n) is 27.8. The molecule has 0 radical (unpaired) electrons. The smallest absolute Gasteiger partial charge is 0.306 e. The van der Waals surface area contributed by atoms with Crippen LogP contribution in [-0.2, 0) is 28.6 Å². The minimum atomic E-state index is -0.760. The highest BCUT2D eigenvalue weighted by Gasteiger charge is 2.19. The Bertz CT molecular complexity index is 949. The van der Waals surface area contributed by atoms with Crippen molar-refractivity contribution in [2.75, 3.05) is 13.2 Å². The van der Waals surface area contributed by atoms with Crippen molar-refractivity contribution in [3.8, 4) is 0 Å². The Morgan fingerprint density at radius 3 is 0.919 bits per heavy atom. The molecule has 0 rings (SSSR count). The molecule has 0 bridgehead atoms. The molecule has 0 aliphatic heterocycles. The molecule has 0 N–H and O–H groups in total. The summed E-state index contributed by atoms with van der Waals surface area (Å²) in [5.74, 6) is 0.896. The van der Waals surface area contributed by atoms with Crippen molar-refractivity contribution < 1.29 is 28.6 Å². The van der Waals surface area contributed by atoms with Gasteiger partial charge in [0, 0.05) is 19.3 Å². The van der Waals surface area contributed by atoms with Gasteiger partial charge in [0.1, 0.15) is 13.2 Å². The zero-order chi connectivity index (χ0) is 45.4. The Labute approximate surface area is 387 Å². The summed E-state index contributed by atoms with van der Waals surface area (Å²) in [5, 5.41) is 0. The SMILES string of the molecule is CCCCCCCC(=O)OC[C@@H](COC(=O)CCCCCCCCCCCCCCCCC(C)C)OC(=O)CCCCCCCCCCCCCCCCCCCCC(C)CC. The van der Waals surface area contributed by atoms with E-state index in [-0.39, 0.29) is 31.1 Å². The van der Waals surface area contributed by atoms with Crippen LogP contribution < -0.4 is 0 Å². The first-order valence-corrected chi connectivity index (χ1v) is 27.8. The number of unbranched alkanes of at least 4 members (excludes halogenated alkanes) is 34. The second-order valence-corrected chi connectivity index (χ2v) is 19.9. The van der Waals surface area contributed by atoms with Gasteiger partial charge in [-0.15, -0.1) is 0 Å². The molecule has 0 aromatic heterocycles. The molecule has 2 atom stereocenters. The van der Waals surface area contributed by atoms with E-state index in [4.69, 9.17) is 14.2 Å². The van der Waals surface area contributed by atoms with E-state index in [0.717, 1.165) is 76.0 Å². The summed E-state index contributed by atoms with van der Waals surface area (Å²) in [6.45, 7) is 11.4. The Hall–Kier alpha value is -1.59. The minimum Gasteiger partial charge on any atom is -0.462 e. The number of carbonyl (C=O) groups excluding carboxylic acids is 3. The molecular formula is C56H108O6. The van der Waals surface area contributed by atoms with E-state index < -0.39 is 6.10 Å². The second kappa shape index (κ2) is 48.9. The average Bonchev–Trinajstić information content (AvgIpc) is 3.26. The molecule has 0 aliphatic carbocycles. The molecule has 0 aromatic carbocycles. The van der Waals surface area contributed by atoms with E-state index in [1.807, 2.05) is 0 Å². The van der Waals surface area contributed by atoms with Gasteiger partial charge in [-0.05, 0) is 31.1 Å². The fourth-order valence-electron chi connectivity index (χ4n) is 8.49. The third kappa shape index (κ3) is 47.9. The van der Waals surface area contributed by atoms with Gasteiger partial charge in [-0.2, -0.15) is 0 Å². The van der Waals surface area contributed by atoms with Gasteiger partial charge in [-0.25, -0.2) is 0 Å². The number of ether oxygens (including phenoxy) is 3. The maximum Gasteiger partial charge on any atom is 0.306 e. The van der Waals surface area contributed by atoms with Crippen molar-refractivity contribution in [1.29, 1.82) is 0 Å². The van der Waals surface area contributed by atoms with Crippen molar-refractivity contribution in [3.63, 3.8) is 0 Å². The van der Waals surface area contributed by atoms with Crippen LogP contribution in [0.25, 0.3) is 0 Å². The van der Waals surface area contributed by atoms with Gasteiger partial charge in [0.05, 0.1) is 0 Å². The number of rotatable bonds is 50. The summed E-state index contributed by atoms with van der Waals surface area (Å²) in [6, 6.07) is 0. The Balaban J connectivity index is 4.05. The van der Waals surface area contributed by atoms with Crippen molar-refractivity contribution >= 4 is 17.9 Å². The molecule has 0 aliphatic rings. The maximum absolute atomic E-state index is 12.8. The Morgan fingerprint density at radius 2 is 0.613 bits per heavy atom. The largest absolute Gasteiger partial charge is 0.462 e. The molecule has 62 heavy (non-hydrogen) atoms. The van der Waals surface area contributed by atoms with Crippen molar-refractivity contribution in [2.24, 2.45) is 11.8 Å². The van der Waals surface area contributed by atoms with Crippen LogP contribution in [0.3, 0.4) is 0 Å². The fraction of sp³-hybridized carbons (Fsp3) is 0.946. The highest BCUT2D eigenvalue weighted by molar-refractivity contribution is 5.71. The predicted molar refractivity (Wildman–Crippen MR) is 266 cm³/mol. The minimum absolute atomic E-state index is 0.0642. The van der Waals surface area contributed by atoms with Gasteiger partial charge in [-0.1, -0.05) is 272 Å². The van der Waals surface area contributed by atoms with Gasteiger partial charge >= 0.3 is 17.9 Å². The molecule has 0 saturated heterocycles. The quantitative estimate of drug-likeness (QED) is 0.0344. The van der Waals surface area contributed by atoms with Crippen molar-refractivity contribution in [2.45, 2.75) is 317 Å². The van der Waals surface area contributed by atoms with Gasteiger partial charge in [0.15, 0.2) is 6.10 Å². The summed E-state index contributed by atoms with van der Waals surface area (Å²) in [7, 11) is 0. The second-order valence-electron chi connectivity index (χ2n) is 19.9. The van der Waals surface area contributed by atoms with Gasteiger partial charge in [0.2, 0.25) is 0 Å². The molecule has 6 heteroatoms. The highest BCUT2D eigenvalue weighted by atomic mass is 16.6. The van der Waals surface area contributed by atoms with E-state index >= 15 is 0 Å². The third-order valence-corrected chi connectivity index (χ3v) is 13.1. The molecule has 0 fully saturated rings. The Kier molecular flexibility index (Phi) is 47.6. The lowest BCUT2D eigenvalue weighted by atomic mass is 9.99. The Morgan fingerprint density at radius 1 is 0.339 bits per heavy atom. The molecule has 368 valence electrons. The lowest BCUT2D eigenvalue weighted by molar-refractivity contribution is -0.167. The lowest BCUT2D eigenvalue weighted by Gasteiger charge is -2.18. The zero-order valence-corrected chi connectivity index (χ0v) is 42.5. The fourth-order valence-corrected chi connectivity index (χ4v) is 8.49. The van der Waals surface area contributed by atoms with Gasteiger partial charge in [-0.3, -0.25) is 14.4 Å². The summed E-state index contributed by atoms with van der Waals surface area (Å²) in [4.78, 5) is 37.7. The third-order valence-electron chi connectivity index (χ3n) is 13.1. The maximum atomic E-state index is 12.8. The van der Waals surface area contributed by atoms with Crippen LogP contribution in [-0.4, -0.2) is 37.2 Å². The first kappa shape index (κ1) is 60.4. The lowest BCUT2D eigenvalue weighted by Crippen LogP contribution is -2.30. The van der Waals surface area contributed by atoms with Crippen LogP contribution >= 0.6 is 0 Å². The predicted octanol–water partition coefficient (Wildman–Crippen LogP) is 18.1. The standard InChI is InChI=1S/C56H108O6/c1-6-8-9-34-41-46-54(57)60-49-53(50-61-55(58)47-42-37-32-28-24-20-17-16-18-22-26-30-35-39-44-51(3)4)62-56(59)48-43-38-33-29-25-21-15-13-11-10-12-14-19-23-27-31-36-40-45-52(5)7-2/h51-53H,6-50H2,1-5H3/t52?,53-/m0/s1. The monoisotopic (exact) mass is 877 g/mol. The molecule has 6 nitrogen and oxygen atoms in total. The number of esters is 3. The molecule has 1 unspecified atom stereocenters. The van der Waals surface area contributed by atoms with E-state index in [1.165, 1.54) is 193 Å². The zero-order valence-electron chi connectivity index (χ0n) is 42.5. The van der Waals surface area contributed by atoms with Crippen LogP contribution in [0.2, 0.25) is 0 Å². The topological polar surface area (TPSA) is 78.9 Å². The molecular weight excluding hydrogens is 769 g/mol. The van der Waals surface area contributed by atoms with E-state index in [9.17, 15) is 14.4 Å². The summed E-state index contributed by atoms with van der Waals surface area (Å²) >= 11 is 0. The number of hydrogen-bond acceptors (Lipinski definition) is 6. The summed E-state index contributed by atoms with van der Waals surface area (Å²) in [6.07, 6.45) is 51.3. The molecule has 0 spiro atoms. The van der Waals surface area contributed by atoms with Crippen molar-refractivity contribution in [1.82, 2.24) is 0 Å². The van der Waals surface area contributed by atoms with E-state index in [0.29, 0.717) is 19.3 Å². The highest BCUT2D eigenvalue weighted by Crippen LogP contribution is 2.18. The number of carbonyl (C=O) groups is 3. The van der Waals surface area contributed by atoms with Crippen molar-refractivity contribution in [3.05, 3.63) is 0 Å². The molecule has 0 amide bonds. The first-order chi connectivity index (χ1) is 30.3. The van der Waals surface area contributed by atoms with Gasteiger partial charge < -0.3 is 14.2 Å². The van der Waals surface area contributed by atoms with Gasteiger partial charge in [0.25, 0.3) is 0 Å². The van der Waals surface area contributed by atoms with Crippen LogP contribution in [0.1, 0.15) is 311 Å². The van der Waals surface area contributed by atoms with Crippen LogP contribution in [0.4, 0.5) is 0 Å². The average molecular weight is 877 g/mol. The number of hydrogen-bond donors (Lipinski definition) is 0. The van der Waals surface area contributed by atoms with E-state index in [2.05, 4.69) is 34.6 Å². The molecule has 0 saturated carbocycles. The summed E-state index contributed by atoms with van der Waals surface area (Å²) in [5.41, 5.74) is 0.